The van der Waals surface area contributed by atoms with E-state index in [9.17, 15) is 5.11 Å². The van der Waals surface area contributed by atoms with Gasteiger partial charge in [0.1, 0.15) is 11.5 Å². The topological polar surface area (TPSA) is 70.2 Å². The second kappa shape index (κ2) is 5.92. The first-order valence-corrected chi connectivity index (χ1v) is 8.67. The third-order valence-corrected chi connectivity index (χ3v) is 4.76. The van der Waals surface area contributed by atoms with Gasteiger partial charge in [-0.05, 0) is 36.4 Å². The maximum atomic E-state index is 9.69. The predicted octanol–water partition coefficient (Wildman–Crippen LogP) is 5.28. The van der Waals surface area contributed by atoms with Crippen LogP contribution in [0.4, 0.5) is 11.4 Å². The standard InChI is InChI=1S/C22H17N3O2/c1-27-20-12-14(26)9-10-16(20)23-17-7-4-8-18-21(17)22-19(24-18)11-13-5-2-3-6-15(13)25-22/h2-12,23,25-26H,1H3. The minimum absolute atomic E-state index is 0.163. The van der Waals surface area contributed by atoms with Crippen LogP contribution in [-0.2, 0) is 0 Å². The van der Waals surface area contributed by atoms with Crippen molar-refractivity contribution in [2.75, 3.05) is 12.4 Å². The molecule has 0 fully saturated rings. The van der Waals surface area contributed by atoms with E-state index in [1.807, 2.05) is 30.3 Å². The number of hydrogen-bond donors (Lipinski definition) is 3. The number of phenols is 1. The first kappa shape index (κ1) is 15.5. The Morgan fingerprint density at radius 1 is 0.963 bits per heavy atom. The van der Waals surface area contributed by atoms with E-state index in [1.54, 1.807) is 25.3 Å². The number of benzene rings is 3. The average Bonchev–Trinajstić information content (AvgIpc) is 3.05. The van der Waals surface area contributed by atoms with Gasteiger partial charge in [-0.1, -0.05) is 24.3 Å². The summed E-state index contributed by atoms with van der Waals surface area (Å²) in [5.41, 5.74) is 5.60. The summed E-state index contributed by atoms with van der Waals surface area (Å²) in [6.07, 6.45) is 0. The zero-order valence-electron chi connectivity index (χ0n) is 14.7. The Morgan fingerprint density at radius 3 is 2.74 bits per heavy atom. The van der Waals surface area contributed by atoms with Crippen LogP contribution < -0.4 is 10.1 Å². The van der Waals surface area contributed by atoms with Crippen LogP contribution in [0, 0.1) is 0 Å². The Balaban J connectivity index is 1.72. The molecule has 3 N–H and O–H groups in total. The van der Waals surface area contributed by atoms with Gasteiger partial charge in [0.2, 0.25) is 0 Å². The number of rotatable bonds is 3. The molecule has 0 unspecified atom stereocenters. The maximum Gasteiger partial charge on any atom is 0.145 e. The Morgan fingerprint density at radius 2 is 1.85 bits per heavy atom. The lowest BCUT2D eigenvalue weighted by molar-refractivity contribution is 0.409. The average molecular weight is 355 g/mol. The van der Waals surface area contributed by atoms with Gasteiger partial charge in [0.15, 0.2) is 0 Å². The minimum atomic E-state index is 0.163. The number of phenolic OH excluding ortho intramolecular Hbond substituents is 1. The highest BCUT2D eigenvalue weighted by Crippen LogP contribution is 2.39. The molecule has 0 bridgehead atoms. The summed E-state index contributed by atoms with van der Waals surface area (Å²) in [5, 5.41) is 15.3. The Kier molecular flexibility index (Phi) is 3.40. The number of fused-ring (bicyclic) bond motifs is 4. The number of pyridine rings is 1. The van der Waals surface area contributed by atoms with Crippen LogP contribution in [-0.4, -0.2) is 22.2 Å². The fraction of sp³-hybridized carbons (Fsp3) is 0.0455. The van der Waals surface area contributed by atoms with E-state index in [2.05, 4.69) is 28.5 Å². The van der Waals surface area contributed by atoms with Gasteiger partial charge in [0.25, 0.3) is 0 Å². The summed E-state index contributed by atoms with van der Waals surface area (Å²) in [4.78, 5) is 8.30. The van der Waals surface area contributed by atoms with Crippen LogP contribution in [0.3, 0.4) is 0 Å². The van der Waals surface area contributed by atoms with E-state index in [4.69, 9.17) is 9.72 Å². The summed E-state index contributed by atoms with van der Waals surface area (Å²) >= 11 is 0. The van der Waals surface area contributed by atoms with Gasteiger partial charge < -0.3 is 20.1 Å². The van der Waals surface area contributed by atoms with Crippen LogP contribution >= 0.6 is 0 Å². The van der Waals surface area contributed by atoms with E-state index >= 15 is 0 Å². The molecule has 2 aliphatic rings. The number of ether oxygens (including phenoxy) is 1. The normalized spacial score (nSPS) is 11.3. The zero-order chi connectivity index (χ0) is 18.4. The molecule has 0 atom stereocenters. The largest absolute Gasteiger partial charge is 0.508 e. The number of H-pyrrole nitrogens is 1. The fourth-order valence-electron chi connectivity index (χ4n) is 3.49. The summed E-state index contributed by atoms with van der Waals surface area (Å²) in [6, 6.07) is 21.3. The number of anilines is 2. The van der Waals surface area contributed by atoms with Gasteiger partial charge in [-0.25, -0.2) is 4.98 Å². The van der Waals surface area contributed by atoms with Crippen LogP contribution in [0.2, 0.25) is 0 Å². The lowest BCUT2D eigenvalue weighted by atomic mass is 10.1. The molecule has 3 aromatic rings. The molecule has 0 saturated heterocycles. The van der Waals surface area contributed by atoms with Gasteiger partial charge in [-0.15, -0.1) is 0 Å². The quantitative estimate of drug-likeness (QED) is 0.385. The van der Waals surface area contributed by atoms with E-state index in [-0.39, 0.29) is 5.75 Å². The van der Waals surface area contributed by atoms with E-state index in [0.717, 1.165) is 44.6 Å². The van der Waals surface area contributed by atoms with Gasteiger partial charge in [0, 0.05) is 22.4 Å². The van der Waals surface area contributed by atoms with Crippen LogP contribution in [0.15, 0.2) is 66.7 Å². The second-order valence-corrected chi connectivity index (χ2v) is 6.44. The molecule has 0 amide bonds. The van der Waals surface area contributed by atoms with Crippen LogP contribution in [0.5, 0.6) is 11.5 Å². The smallest absolute Gasteiger partial charge is 0.145 e. The van der Waals surface area contributed by atoms with Gasteiger partial charge in [0.05, 0.1) is 35.4 Å². The van der Waals surface area contributed by atoms with Gasteiger partial charge in [-0.2, -0.15) is 0 Å². The van der Waals surface area contributed by atoms with Crippen molar-refractivity contribution < 1.29 is 9.84 Å². The summed E-state index contributed by atoms with van der Waals surface area (Å²) in [5.74, 6) is 0.737. The monoisotopic (exact) mass is 355 g/mol. The molecule has 0 aliphatic carbocycles. The molecule has 5 rings (SSSR count). The SMILES string of the molecule is COc1cc(O)ccc1Nc1cccc2nc3cc4ccccc4[nH]c-3c12. The molecule has 2 heterocycles. The third-order valence-electron chi connectivity index (χ3n) is 4.76. The number of para-hydroxylation sites is 1. The molecular formula is C22H17N3O2. The number of hydrogen-bond acceptors (Lipinski definition) is 4. The summed E-state index contributed by atoms with van der Waals surface area (Å²) < 4.78 is 5.39. The first-order chi connectivity index (χ1) is 13.2. The number of aromatic nitrogens is 2. The third kappa shape index (κ3) is 2.52. The number of methoxy groups -OCH3 is 1. The van der Waals surface area contributed by atoms with Gasteiger partial charge >= 0.3 is 0 Å². The number of aromatic amines is 1. The highest BCUT2D eigenvalue weighted by molar-refractivity contribution is 6.07. The molecule has 0 saturated carbocycles. The molecule has 132 valence electrons. The predicted molar refractivity (Wildman–Crippen MR) is 108 cm³/mol. The van der Waals surface area contributed by atoms with Crippen molar-refractivity contribution in [2.45, 2.75) is 0 Å². The number of aromatic hydroxyl groups is 1. The van der Waals surface area contributed by atoms with Crippen molar-refractivity contribution in [2.24, 2.45) is 0 Å². The zero-order valence-corrected chi connectivity index (χ0v) is 14.7. The van der Waals surface area contributed by atoms with Crippen molar-refractivity contribution in [3.8, 4) is 22.9 Å². The molecule has 5 nitrogen and oxygen atoms in total. The Hall–Kier alpha value is -3.73. The lowest BCUT2D eigenvalue weighted by Gasteiger charge is -2.13. The Bertz CT molecular complexity index is 1260. The van der Waals surface area contributed by atoms with Crippen LogP contribution in [0.25, 0.3) is 33.2 Å². The molecule has 27 heavy (non-hydrogen) atoms. The van der Waals surface area contributed by atoms with Crippen LogP contribution in [0.1, 0.15) is 0 Å². The van der Waals surface area contributed by atoms with E-state index in [1.165, 1.54) is 0 Å². The molecule has 0 aromatic heterocycles. The highest BCUT2D eigenvalue weighted by Gasteiger charge is 2.17. The fourth-order valence-corrected chi connectivity index (χ4v) is 3.49. The molecule has 0 radical (unpaired) electrons. The van der Waals surface area contributed by atoms with E-state index in [0.29, 0.717) is 5.75 Å². The molecule has 2 aliphatic heterocycles. The molecule has 0 spiro atoms. The highest BCUT2D eigenvalue weighted by atomic mass is 16.5. The summed E-state index contributed by atoms with van der Waals surface area (Å²) in [7, 11) is 1.58. The second-order valence-electron chi connectivity index (χ2n) is 6.44. The maximum absolute atomic E-state index is 9.69. The van der Waals surface area contributed by atoms with Crippen molar-refractivity contribution in [1.29, 1.82) is 0 Å². The summed E-state index contributed by atoms with van der Waals surface area (Å²) in [6.45, 7) is 0. The van der Waals surface area contributed by atoms with E-state index < -0.39 is 0 Å². The molecule has 3 aromatic carbocycles. The first-order valence-electron chi connectivity index (χ1n) is 8.67. The Labute approximate surface area is 155 Å². The molecular weight excluding hydrogens is 338 g/mol. The number of nitrogens with zero attached hydrogens (tertiary/aromatic N) is 1. The van der Waals surface area contributed by atoms with Crippen molar-refractivity contribution in [1.82, 2.24) is 9.97 Å². The van der Waals surface area contributed by atoms with Crippen molar-refractivity contribution in [3.63, 3.8) is 0 Å². The minimum Gasteiger partial charge on any atom is -0.508 e. The number of nitrogens with one attached hydrogen (secondary N) is 2. The lowest BCUT2D eigenvalue weighted by Crippen LogP contribution is -1.95. The van der Waals surface area contributed by atoms with Crippen molar-refractivity contribution in [3.05, 3.63) is 66.7 Å². The van der Waals surface area contributed by atoms with Crippen molar-refractivity contribution >= 4 is 33.2 Å². The molecule has 5 heteroatoms. The van der Waals surface area contributed by atoms with Gasteiger partial charge in [-0.3, -0.25) is 0 Å².